The van der Waals surface area contributed by atoms with Crippen molar-refractivity contribution < 1.29 is 57.0 Å². The quantitative estimate of drug-likeness (QED) is 0.0448. The first-order valence-corrected chi connectivity index (χ1v) is 24.5. The molecule has 2 N–H and O–H groups in total. The Bertz CT molecular complexity index is 2470. The smallest absolute Gasteiger partial charge is 0.258 e. The van der Waals surface area contributed by atoms with Gasteiger partial charge in [-0.1, -0.05) is 41.9 Å². The van der Waals surface area contributed by atoms with E-state index in [2.05, 4.69) is 33.0 Å². The third-order valence-electron chi connectivity index (χ3n) is 11.3. The topological polar surface area (TPSA) is 194 Å². The molecule has 4 aromatic carbocycles. The van der Waals surface area contributed by atoms with Crippen LogP contribution in [-0.2, 0) is 50.9 Å². The number of rotatable bonds is 34. The molecule has 388 valence electrons. The van der Waals surface area contributed by atoms with Crippen molar-refractivity contribution in [2.45, 2.75) is 38.6 Å². The highest BCUT2D eigenvalue weighted by Gasteiger charge is 2.30. The summed E-state index contributed by atoms with van der Waals surface area (Å²) in [6, 6.07) is 26.4. The van der Waals surface area contributed by atoms with Gasteiger partial charge in [0.25, 0.3) is 5.91 Å². The van der Waals surface area contributed by atoms with E-state index in [1.807, 2.05) is 84.3 Å². The van der Waals surface area contributed by atoms with Gasteiger partial charge in [0.15, 0.2) is 23.9 Å². The molecule has 1 aliphatic heterocycles. The standard InChI is InChI=1S/C53H67ClN6O12/c1-38-58-59-53-46(57-52(41-12-14-42(54)15-13-41)45-35-43(63-2)16-17-47(45)60(38)53)36-50(61)55-19-21-66-23-25-68-27-29-70-31-32-71-30-28-69-26-24-67-22-20-56-51(62)37-72-44-10-6-9-39(33-44)7-5-8-40-11-18-48(64-3)49(34-40)65-4/h6,9-18,33-35,46H,5,7-8,19-32,36-37H2,1-4H3,(H,55,61)(H,56,62)/t46-/m0/s1. The molecule has 18 nitrogen and oxygen atoms in total. The van der Waals surface area contributed by atoms with Gasteiger partial charge in [-0.3, -0.25) is 19.1 Å². The molecule has 2 amide bonds. The van der Waals surface area contributed by atoms with Crippen LogP contribution in [0.3, 0.4) is 0 Å². The van der Waals surface area contributed by atoms with Gasteiger partial charge in [-0.05, 0) is 91.9 Å². The number of nitrogens with zero attached hydrogens (tertiary/aromatic N) is 4. The van der Waals surface area contributed by atoms with Crippen molar-refractivity contribution >= 4 is 29.1 Å². The summed E-state index contributed by atoms with van der Waals surface area (Å²) in [7, 11) is 4.88. The highest BCUT2D eigenvalue weighted by molar-refractivity contribution is 6.30. The van der Waals surface area contributed by atoms with Crippen LogP contribution in [0.5, 0.6) is 23.0 Å². The van der Waals surface area contributed by atoms with Gasteiger partial charge in [0, 0.05) is 29.2 Å². The molecule has 0 fully saturated rings. The SMILES string of the molecule is COc1ccc2c(c1)C(c1ccc(Cl)cc1)=N[C@@H](CC(=O)NCCOCCOCCOCCOCCOCCOCCNC(=O)COc1cccc(CCCc3ccc(OC)c(OC)c3)c1)c1nnc(C)n1-2. The number of fused-ring (bicyclic) bond motifs is 3. The van der Waals surface area contributed by atoms with Crippen LogP contribution in [0, 0.1) is 6.92 Å². The predicted molar refractivity (Wildman–Crippen MR) is 272 cm³/mol. The summed E-state index contributed by atoms with van der Waals surface area (Å²) >= 11 is 6.21. The number of ether oxygens (including phenoxy) is 10. The Kier molecular flexibility index (Phi) is 23.5. The van der Waals surface area contributed by atoms with Crippen molar-refractivity contribution in [1.82, 2.24) is 25.4 Å². The van der Waals surface area contributed by atoms with Crippen molar-refractivity contribution in [2.24, 2.45) is 4.99 Å². The number of methoxy groups -OCH3 is 3. The molecule has 6 rings (SSSR count). The largest absolute Gasteiger partial charge is 0.497 e. The average molecular weight is 1020 g/mol. The Balaban J connectivity index is 0.712. The van der Waals surface area contributed by atoms with Crippen LogP contribution >= 0.6 is 11.6 Å². The number of hydrogen-bond donors (Lipinski definition) is 2. The molecule has 1 aliphatic rings. The van der Waals surface area contributed by atoms with Gasteiger partial charge in [-0.15, -0.1) is 10.2 Å². The minimum Gasteiger partial charge on any atom is -0.497 e. The molecule has 1 atom stereocenters. The lowest BCUT2D eigenvalue weighted by atomic mass is 10.00. The van der Waals surface area contributed by atoms with Crippen LogP contribution in [0.1, 0.15) is 52.8 Å². The van der Waals surface area contributed by atoms with Crippen molar-refractivity contribution in [3.8, 4) is 28.7 Å². The molecule has 0 saturated heterocycles. The van der Waals surface area contributed by atoms with Crippen molar-refractivity contribution in [3.05, 3.63) is 124 Å². The normalized spacial score (nSPS) is 12.8. The summed E-state index contributed by atoms with van der Waals surface area (Å²) in [6.07, 6.45) is 2.79. The van der Waals surface area contributed by atoms with Crippen molar-refractivity contribution in [1.29, 1.82) is 0 Å². The van der Waals surface area contributed by atoms with E-state index < -0.39 is 6.04 Å². The zero-order valence-corrected chi connectivity index (χ0v) is 42.4. The van der Waals surface area contributed by atoms with Crippen LogP contribution in [0.4, 0.5) is 0 Å². The zero-order chi connectivity index (χ0) is 50.8. The van der Waals surface area contributed by atoms with Crippen LogP contribution in [-0.4, -0.2) is 153 Å². The number of carbonyl (C=O) groups is 2. The fourth-order valence-electron chi connectivity index (χ4n) is 7.67. The number of aromatic nitrogens is 3. The third kappa shape index (κ3) is 17.9. The molecule has 72 heavy (non-hydrogen) atoms. The maximum atomic E-state index is 13.2. The zero-order valence-electron chi connectivity index (χ0n) is 41.7. The lowest BCUT2D eigenvalue weighted by Crippen LogP contribution is -2.31. The Morgan fingerprint density at radius 3 is 1.82 bits per heavy atom. The lowest BCUT2D eigenvalue weighted by Gasteiger charge is -2.14. The fourth-order valence-corrected chi connectivity index (χ4v) is 7.80. The van der Waals surface area contributed by atoms with E-state index >= 15 is 0 Å². The summed E-state index contributed by atoms with van der Waals surface area (Å²) < 4.78 is 57.4. The molecule has 0 radical (unpaired) electrons. The Morgan fingerprint density at radius 2 is 1.21 bits per heavy atom. The predicted octanol–water partition coefficient (Wildman–Crippen LogP) is 6.12. The number of hydrogen-bond acceptors (Lipinski definition) is 15. The molecule has 5 aromatic rings. The maximum Gasteiger partial charge on any atom is 0.258 e. The summed E-state index contributed by atoms with van der Waals surface area (Å²) in [5.41, 5.74) is 5.53. The minimum absolute atomic E-state index is 0.0604. The van der Waals surface area contributed by atoms with Gasteiger partial charge in [0.1, 0.15) is 23.4 Å². The van der Waals surface area contributed by atoms with Gasteiger partial charge in [-0.2, -0.15) is 0 Å². The minimum atomic E-state index is -0.603. The van der Waals surface area contributed by atoms with E-state index in [1.165, 1.54) is 5.56 Å². The first kappa shape index (κ1) is 55.2. The van der Waals surface area contributed by atoms with Crippen LogP contribution < -0.4 is 29.6 Å². The Morgan fingerprint density at radius 1 is 0.611 bits per heavy atom. The van der Waals surface area contributed by atoms with E-state index in [0.29, 0.717) is 126 Å². The summed E-state index contributed by atoms with van der Waals surface area (Å²) in [6.45, 7) is 7.34. The molecule has 0 saturated carbocycles. The highest BCUT2D eigenvalue weighted by atomic mass is 35.5. The number of halogens is 1. The van der Waals surface area contributed by atoms with Crippen LogP contribution in [0.25, 0.3) is 5.69 Å². The monoisotopic (exact) mass is 1010 g/mol. The van der Waals surface area contributed by atoms with Crippen LogP contribution in [0.2, 0.25) is 5.02 Å². The third-order valence-corrected chi connectivity index (χ3v) is 11.5. The number of carbonyl (C=O) groups excluding carboxylic acids is 2. The van der Waals surface area contributed by atoms with Gasteiger partial charge < -0.3 is 58.0 Å². The summed E-state index contributed by atoms with van der Waals surface area (Å²) in [4.78, 5) is 30.6. The average Bonchev–Trinajstić information content (AvgIpc) is 3.72. The van der Waals surface area contributed by atoms with Gasteiger partial charge in [-0.25, -0.2) is 0 Å². The molecule has 0 unspecified atom stereocenters. The fraction of sp³-hybridized carbons (Fsp3) is 0.453. The van der Waals surface area contributed by atoms with E-state index in [0.717, 1.165) is 53.1 Å². The first-order valence-electron chi connectivity index (χ1n) is 24.1. The number of aliphatic imine (C=N–C) groups is 1. The van der Waals surface area contributed by atoms with Crippen molar-refractivity contribution in [3.63, 3.8) is 0 Å². The van der Waals surface area contributed by atoms with Gasteiger partial charge in [0.2, 0.25) is 5.91 Å². The molecule has 0 aliphatic carbocycles. The lowest BCUT2D eigenvalue weighted by molar-refractivity contribution is -0.123. The maximum absolute atomic E-state index is 13.2. The van der Waals surface area contributed by atoms with Crippen molar-refractivity contribution in [2.75, 3.05) is 120 Å². The number of aryl methyl sites for hydroxylation is 3. The molecular weight excluding hydrogens is 948 g/mol. The molecule has 0 bridgehead atoms. The second kappa shape index (κ2) is 30.7. The Labute approximate surface area is 426 Å². The summed E-state index contributed by atoms with van der Waals surface area (Å²) in [5, 5.41) is 15.1. The molecular formula is C53H67ClN6O12. The van der Waals surface area contributed by atoms with Gasteiger partial charge in [0.05, 0.1) is 118 Å². The number of benzene rings is 4. The van der Waals surface area contributed by atoms with E-state index in [9.17, 15) is 9.59 Å². The Hall–Kier alpha value is -6.12. The number of amides is 2. The summed E-state index contributed by atoms with van der Waals surface area (Å²) in [5.74, 6) is 3.62. The van der Waals surface area contributed by atoms with E-state index in [1.54, 1.807) is 21.3 Å². The molecule has 19 heteroatoms. The van der Waals surface area contributed by atoms with Gasteiger partial charge >= 0.3 is 0 Å². The first-order chi connectivity index (χ1) is 35.3. The van der Waals surface area contributed by atoms with Crippen LogP contribution in [0.15, 0.2) is 89.9 Å². The number of nitrogens with one attached hydrogen (secondary N) is 2. The van der Waals surface area contributed by atoms with E-state index in [4.69, 9.17) is 64.0 Å². The molecule has 2 heterocycles. The molecule has 0 spiro atoms. The van der Waals surface area contributed by atoms with E-state index in [-0.39, 0.29) is 24.8 Å². The highest BCUT2D eigenvalue weighted by Crippen LogP contribution is 2.35. The molecule has 1 aromatic heterocycles. The second-order valence-electron chi connectivity index (χ2n) is 16.4. The second-order valence-corrected chi connectivity index (χ2v) is 16.8.